The van der Waals surface area contributed by atoms with E-state index in [2.05, 4.69) is 15.3 Å². The molecule has 0 saturated heterocycles. The normalized spacial score (nSPS) is 18.5. The number of nitrogens with one attached hydrogen (secondary N) is 1. The summed E-state index contributed by atoms with van der Waals surface area (Å²) in [7, 11) is 0. The summed E-state index contributed by atoms with van der Waals surface area (Å²) in [5, 5.41) is 11.8. The number of aliphatic carboxylic acids is 1. The highest BCUT2D eigenvalue weighted by Gasteiger charge is 2.40. The van der Waals surface area contributed by atoms with E-state index in [1.54, 1.807) is 29.2 Å². The molecule has 5 heterocycles. The fourth-order valence-electron chi connectivity index (χ4n) is 4.85. The monoisotopic (exact) mass is 475 g/mol. The molecule has 3 aromatic rings. The minimum atomic E-state index is -0.883. The Balaban J connectivity index is 0.00000241. The first-order valence-electron chi connectivity index (χ1n) is 10.4. The molecular weight excluding hydrogens is 458 g/mol. The Labute approximate surface area is 199 Å². The molecule has 0 radical (unpaired) electrons. The number of anilines is 1. The Morgan fingerprint density at radius 3 is 2.76 bits per heavy atom. The lowest BCUT2D eigenvalue weighted by Crippen LogP contribution is -2.30. The van der Waals surface area contributed by atoms with Gasteiger partial charge in [0.25, 0.3) is 11.8 Å². The van der Waals surface area contributed by atoms with Crippen molar-refractivity contribution in [2.24, 2.45) is 4.99 Å². The van der Waals surface area contributed by atoms with E-state index in [1.807, 2.05) is 41.3 Å². The van der Waals surface area contributed by atoms with Gasteiger partial charge < -0.3 is 10.0 Å². The molecule has 0 bridgehead atoms. The largest absolute Gasteiger partial charge is 0.481 e. The van der Waals surface area contributed by atoms with Crippen molar-refractivity contribution >= 4 is 52.8 Å². The van der Waals surface area contributed by atoms with E-state index in [9.17, 15) is 19.5 Å². The summed E-state index contributed by atoms with van der Waals surface area (Å²) in [6.07, 6.45) is 7.18. The van der Waals surface area contributed by atoms with Crippen LogP contribution in [0, 0.1) is 0 Å². The Bertz CT molecular complexity index is 1490. The SMILES string of the molecule is Cl.O=C(O)CC1Cc2cccc3c2N1C=CN=C3C1=C(c2cnc3ccccn23)C(=O)NC1=O. The molecule has 2 amide bonds. The molecular formula is C24H18ClN5O4. The van der Waals surface area contributed by atoms with Crippen LogP contribution in [-0.2, 0) is 20.8 Å². The summed E-state index contributed by atoms with van der Waals surface area (Å²) < 4.78 is 1.76. The predicted octanol–water partition coefficient (Wildman–Crippen LogP) is 2.35. The molecule has 0 aliphatic carbocycles. The van der Waals surface area contributed by atoms with Crippen LogP contribution in [0.1, 0.15) is 23.2 Å². The molecule has 3 aliphatic heterocycles. The van der Waals surface area contributed by atoms with Crippen LogP contribution in [-0.4, -0.2) is 44.0 Å². The first kappa shape index (κ1) is 21.6. The highest BCUT2D eigenvalue weighted by atomic mass is 35.5. The highest BCUT2D eigenvalue weighted by Crippen LogP contribution is 2.40. The first-order valence-corrected chi connectivity index (χ1v) is 10.4. The molecule has 9 nitrogen and oxygen atoms in total. The van der Waals surface area contributed by atoms with Crippen LogP contribution in [0.2, 0.25) is 0 Å². The number of para-hydroxylation sites is 1. The number of carboxylic acid groups (broad SMARTS) is 1. The number of hydrogen-bond acceptors (Lipinski definition) is 6. The summed E-state index contributed by atoms with van der Waals surface area (Å²) in [6, 6.07) is 10.9. The highest BCUT2D eigenvalue weighted by molar-refractivity contribution is 6.47. The van der Waals surface area contributed by atoms with Gasteiger partial charge in [-0.2, -0.15) is 0 Å². The van der Waals surface area contributed by atoms with Gasteiger partial charge in [0.2, 0.25) is 0 Å². The van der Waals surface area contributed by atoms with E-state index in [4.69, 9.17) is 0 Å². The summed E-state index contributed by atoms with van der Waals surface area (Å²) >= 11 is 0. The number of imide groups is 1. The Morgan fingerprint density at radius 2 is 1.94 bits per heavy atom. The number of carbonyl (C=O) groups is 3. The molecule has 1 aromatic carbocycles. The van der Waals surface area contributed by atoms with E-state index in [1.165, 1.54) is 0 Å². The number of nitrogens with zero attached hydrogens (tertiary/aromatic N) is 4. The van der Waals surface area contributed by atoms with Crippen molar-refractivity contribution in [3.63, 3.8) is 0 Å². The van der Waals surface area contributed by atoms with Gasteiger partial charge in [-0.1, -0.05) is 24.3 Å². The van der Waals surface area contributed by atoms with Gasteiger partial charge in [-0.25, -0.2) is 4.98 Å². The third kappa shape index (κ3) is 3.12. The zero-order chi connectivity index (χ0) is 22.7. The molecule has 34 heavy (non-hydrogen) atoms. The maximum atomic E-state index is 13.0. The van der Waals surface area contributed by atoms with Crippen molar-refractivity contribution in [2.75, 3.05) is 4.90 Å². The summed E-state index contributed by atoms with van der Waals surface area (Å²) in [6.45, 7) is 0. The van der Waals surface area contributed by atoms with Gasteiger partial charge in [-0.05, 0) is 24.1 Å². The van der Waals surface area contributed by atoms with Crippen LogP contribution >= 0.6 is 12.4 Å². The molecule has 2 aromatic heterocycles. The van der Waals surface area contributed by atoms with Crippen molar-refractivity contribution in [1.29, 1.82) is 0 Å². The predicted molar refractivity (Wildman–Crippen MR) is 127 cm³/mol. The zero-order valence-corrected chi connectivity index (χ0v) is 18.5. The molecule has 170 valence electrons. The van der Waals surface area contributed by atoms with E-state index in [-0.39, 0.29) is 36.0 Å². The number of imidazole rings is 1. The van der Waals surface area contributed by atoms with Gasteiger partial charge in [-0.15, -0.1) is 12.4 Å². The van der Waals surface area contributed by atoms with Crippen LogP contribution in [0.15, 0.2) is 71.8 Å². The molecule has 3 aliphatic rings. The minimum absolute atomic E-state index is 0. The Kier molecular flexibility index (Phi) is 5.06. The van der Waals surface area contributed by atoms with Crippen LogP contribution in [0.5, 0.6) is 0 Å². The van der Waals surface area contributed by atoms with Gasteiger partial charge in [0.05, 0.1) is 40.9 Å². The molecule has 1 atom stereocenters. The fourth-order valence-corrected chi connectivity index (χ4v) is 4.85. The number of hydrogen-bond donors (Lipinski definition) is 2. The molecule has 1 unspecified atom stereocenters. The summed E-state index contributed by atoms with van der Waals surface area (Å²) in [5.41, 5.74) is 4.35. The number of carbonyl (C=O) groups excluding carboxylic acids is 2. The third-order valence-electron chi connectivity index (χ3n) is 6.16. The van der Waals surface area contributed by atoms with Gasteiger partial charge in [0.15, 0.2) is 0 Å². The lowest BCUT2D eigenvalue weighted by Gasteiger charge is -2.23. The zero-order valence-electron chi connectivity index (χ0n) is 17.6. The number of aromatic nitrogens is 2. The molecule has 10 heteroatoms. The number of aliphatic imine (C=N–C) groups is 1. The van der Waals surface area contributed by atoms with E-state index in [0.717, 1.165) is 11.3 Å². The topological polar surface area (TPSA) is 116 Å². The van der Waals surface area contributed by atoms with E-state index >= 15 is 0 Å². The smallest absolute Gasteiger partial charge is 0.305 e. The standard InChI is InChI=1S/C24H17N5O4.ClH/c30-18(31)11-14-10-13-4-3-5-15-21(25-7-9-28(14)22(13)15)20-19(23(32)27-24(20)33)16-12-26-17-6-1-2-8-29(16)17;/h1-9,12,14H,10-11H2,(H,30,31)(H,27,32,33);1H. The van der Waals surface area contributed by atoms with Crippen LogP contribution in [0.3, 0.4) is 0 Å². The molecule has 6 rings (SSSR count). The number of carboxylic acids is 1. The van der Waals surface area contributed by atoms with E-state index in [0.29, 0.717) is 29.0 Å². The minimum Gasteiger partial charge on any atom is -0.481 e. The van der Waals surface area contributed by atoms with Crippen molar-refractivity contribution in [3.05, 3.63) is 83.6 Å². The number of halogens is 1. The maximum Gasteiger partial charge on any atom is 0.305 e. The van der Waals surface area contributed by atoms with Gasteiger partial charge >= 0.3 is 5.97 Å². The molecule has 0 fully saturated rings. The van der Waals surface area contributed by atoms with Gasteiger partial charge in [0.1, 0.15) is 5.65 Å². The number of fused-ring (bicyclic) bond motifs is 1. The lowest BCUT2D eigenvalue weighted by atomic mass is 9.94. The second-order valence-electron chi connectivity index (χ2n) is 8.06. The number of rotatable bonds is 4. The van der Waals surface area contributed by atoms with Crippen molar-refractivity contribution in [3.8, 4) is 0 Å². The quantitative estimate of drug-likeness (QED) is 0.559. The second kappa shape index (κ2) is 7.96. The second-order valence-corrected chi connectivity index (χ2v) is 8.06. The Hall–Kier alpha value is -4.24. The number of amides is 2. The Morgan fingerprint density at radius 1 is 1.12 bits per heavy atom. The van der Waals surface area contributed by atoms with Crippen LogP contribution < -0.4 is 10.2 Å². The lowest BCUT2D eigenvalue weighted by molar-refractivity contribution is -0.137. The number of benzene rings is 1. The average molecular weight is 476 g/mol. The number of pyridine rings is 1. The molecule has 2 N–H and O–H groups in total. The average Bonchev–Trinajstić information content (AvgIpc) is 3.39. The van der Waals surface area contributed by atoms with Crippen molar-refractivity contribution < 1.29 is 19.5 Å². The van der Waals surface area contributed by atoms with Crippen molar-refractivity contribution in [2.45, 2.75) is 18.9 Å². The molecule has 0 spiro atoms. The fraction of sp³-hybridized carbons (Fsp3) is 0.125. The summed E-state index contributed by atoms with van der Waals surface area (Å²) in [4.78, 5) is 48.2. The maximum absolute atomic E-state index is 13.0. The van der Waals surface area contributed by atoms with Gasteiger partial charge in [0, 0.05) is 30.2 Å². The summed E-state index contributed by atoms with van der Waals surface area (Å²) in [5.74, 6) is -1.92. The third-order valence-corrected chi connectivity index (χ3v) is 6.16. The van der Waals surface area contributed by atoms with Crippen LogP contribution in [0.25, 0.3) is 11.2 Å². The van der Waals surface area contributed by atoms with Gasteiger partial charge in [-0.3, -0.25) is 29.1 Å². The molecule has 0 saturated carbocycles. The first-order chi connectivity index (χ1) is 16.0. The van der Waals surface area contributed by atoms with Crippen LogP contribution in [0.4, 0.5) is 5.69 Å². The van der Waals surface area contributed by atoms with E-state index < -0.39 is 17.8 Å². The van der Waals surface area contributed by atoms with Crippen molar-refractivity contribution in [1.82, 2.24) is 14.7 Å².